The summed E-state index contributed by atoms with van der Waals surface area (Å²) in [5.74, 6) is 0.304. The van der Waals surface area contributed by atoms with Gasteiger partial charge in [0.25, 0.3) is 0 Å². The van der Waals surface area contributed by atoms with Gasteiger partial charge in [0, 0.05) is 22.7 Å². The van der Waals surface area contributed by atoms with Crippen molar-refractivity contribution in [3.63, 3.8) is 0 Å². The summed E-state index contributed by atoms with van der Waals surface area (Å²) in [7, 11) is 0. The van der Waals surface area contributed by atoms with E-state index in [1.54, 1.807) is 0 Å². The molecule has 0 aromatic heterocycles. The fourth-order valence-electron chi connectivity index (χ4n) is 8.36. The zero-order valence-corrected chi connectivity index (χ0v) is 30.5. The molecule has 1 nitrogen and oxygen atoms in total. The van der Waals surface area contributed by atoms with Crippen molar-refractivity contribution in [1.29, 1.82) is 0 Å². The van der Waals surface area contributed by atoms with Crippen molar-refractivity contribution in [3.05, 3.63) is 230 Å². The predicted molar refractivity (Wildman–Crippen MR) is 235 cm³/mol. The summed E-state index contributed by atoms with van der Waals surface area (Å²) in [6.07, 6.45) is 8.02. The summed E-state index contributed by atoms with van der Waals surface area (Å²) in [4.78, 5) is 2.45. The number of benzene rings is 9. The van der Waals surface area contributed by atoms with Gasteiger partial charge in [-0.25, -0.2) is 0 Å². The van der Waals surface area contributed by atoms with Gasteiger partial charge in [0.1, 0.15) is 0 Å². The third-order valence-electron chi connectivity index (χ3n) is 11.2. The van der Waals surface area contributed by atoms with E-state index in [0.717, 1.165) is 23.5 Å². The first-order valence-electron chi connectivity index (χ1n) is 19.2. The second-order valence-corrected chi connectivity index (χ2v) is 14.5. The van der Waals surface area contributed by atoms with Gasteiger partial charge in [-0.2, -0.15) is 0 Å². The van der Waals surface area contributed by atoms with Crippen molar-refractivity contribution in [1.82, 2.24) is 0 Å². The Morgan fingerprint density at radius 2 is 1.00 bits per heavy atom. The minimum absolute atomic E-state index is 0.304. The lowest BCUT2D eigenvalue weighted by Gasteiger charge is -2.28. The second-order valence-electron chi connectivity index (χ2n) is 14.5. The standard InChI is InChI=1S/C54H39N/c1-3-11-38(12-4-1)40-21-23-42(24-22-40)43-31-34-48(35-32-43)55(49-17-9-16-47(37-49)44-27-25-41(26-28-44)39-13-5-2-6-14-39)53-20-10-19-52-51(53)36-33-46-30-29-45-15-7-8-18-50(45)54(46)52/h1-27,29-37,44H,28H2. The van der Waals surface area contributed by atoms with Gasteiger partial charge < -0.3 is 4.90 Å². The number of rotatable bonds is 7. The lowest BCUT2D eigenvalue weighted by Crippen LogP contribution is -2.11. The molecule has 0 spiro atoms. The van der Waals surface area contributed by atoms with E-state index in [4.69, 9.17) is 0 Å². The largest absolute Gasteiger partial charge is 0.310 e. The molecule has 0 bridgehead atoms. The van der Waals surface area contributed by atoms with Crippen molar-refractivity contribution in [2.75, 3.05) is 4.90 Å². The van der Waals surface area contributed by atoms with E-state index in [1.165, 1.54) is 71.3 Å². The van der Waals surface area contributed by atoms with Gasteiger partial charge in [-0.1, -0.05) is 188 Å². The quantitative estimate of drug-likeness (QED) is 0.150. The maximum Gasteiger partial charge on any atom is 0.0540 e. The van der Waals surface area contributed by atoms with Gasteiger partial charge in [-0.3, -0.25) is 0 Å². The molecule has 0 heterocycles. The smallest absolute Gasteiger partial charge is 0.0540 e. The first-order valence-corrected chi connectivity index (χ1v) is 19.2. The number of fused-ring (bicyclic) bond motifs is 5. The summed E-state index contributed by atoms with van der Waals surface area (Å²) in [5, 5.41) is 7.59. The van der Waals surface area contributed by atoms with Crippen LogP contribution in [0.2, 0.25) is 0 Å². The third-order valence-corrected chi connectivity index (χ3v) is 11.2. The highest BCUT2D eigenvalue weighted by Crippen LogP contribution is 2.43. The van der Waals surface area contributed by atoms with Crippen molar-refractivity contribution in [2.24, 2.45) is 0 Å². The molecule has 0 N–H and O–H groups in total. The molecule has 55 heavy (non-hydrogen) atoms. The molecule has 1 heteroatoms. The third kappa shape index (κ3) is 6.20. The van der Waals surface area contributed by atoms with Crippen LogP contribution in [0.1, 0.15) is 23.5 Å². The zero-order chi connectivity index (χ0) is 36.6. The van der Waals surface area contributed by atoms with E-state index >= 15 is 0 Å². The van der Waals surface area contributed by atoms with Crippen LogP contribution in [0.15, 0.2) is 218 Å². The van der Waals surface area contributed by atoms with Crippen LogP contribution in [0.3, 0.4) is 0 Å². The van der Waals surface area contributed by atoms with Crippen LogP contribution >= 0.6 is 0 Å². The molecule has 0 saturated heterocycles. The van der Waals surface area contributed by atoms with Crippen molar-refractivity contribution < 1.29 is 0 Å². The van der Waals surface area contributed by atoms with E-state index in [-0.39, 0.29) is 0 Å². The van der Waals surface area contributed by atoms with Crippen LogP contribution in [-0.2, 0) is 0 Å². The van der Waals surface area contributed by atoms with Crippen LogP contribution < -0.4 is 4.90 Å². The Hall–Kier alpha value is -6.96. The Bertz CT molecular complexity index is 2870. The highest BCUT2D eigenvalue weighted by atomic mass is 15.1. The molecule has 1 aliphatic rings. The number of hydrogen-bond acceptors (Lipinski definition) is 1. The lowest BCUT2D eigenvalue weighted by atomic mass is 9.88. The number of hydrogen-bond donors (Lipinski definition) is 0. The van der Waals surface area contributed by atoms with Gasteiger partial charge in [-0.05, 0) is 103 Å². The first kappa shape index (κ1) is 32.7. The highest BCUT2D eigenvalue weighted by molar-refractivity contribution is 6.22. The molecule has 9 aromatic rings. The molecule has 1 aliphatic carbocycles. The predicted octanol–water partition coefficient (Wildman–Crippen LogP) is 15.1. The molecule has 10 rings (SSSR count). The number of nitrogens with zero attached hydrogens (tertiary/aromatic N) is 1. The maximum absolute atomic E-state index is 2.45. The normalized spacial score (nSPS) is 14.0. The Kier molecular flexibility index (Phi) is 8.39. The average Bonchev–Trinajstić information content (AvgIpc) is 3.27. The summed E-state index contributed by atoms with van der Waals surface area (Å²) in [6, 6.07) is 73.0. The summed E-state index contributed by atoms with van der Waals surface area (Å²) in [6.45, 7) is 0. The minimum atomic E-state index is 0.304. The van der Waals surface area contributed by atoms with E-state index in [0.29, 0.717) is 5.92 Å². The Balaban J connectivity index is 1.07. The molecular weight excluding hydrogens is 663 g/mol. The van der Waals surface area contributed by atoms with E-state index in [2.05, 4.69) is 223 Å². The lowest BCUT2D eigenvalue weighted by molar-refractivity contribution is 0.856. The molecule has 0 fully saturated rings. The van der Waals surface area contributed by atoms with Crippen LogP contribution in [0.25, 0.3) is 60.1 Å². The highest BCUT2D eigenvalue weighted by Gasteiger charge is 2.20. The van der Waals surface area contributed by atoms with E-state index in [1.807, 2.05) is 0 Å². The van der Waals surface area contributed by atoms with Gasteiger partial charge in [0.15, 0.2) is 0 Å². The molecular formula is C54H39N. The monoisotopic (exact) mass is 701 g/mol. The minimum Gasteiger partial charge on any atom is -0.310 e. The fourth-order valence-corrected chi connectivity index (χ4v) is 8.36. The first-order chi connectivity index (χ1) is 27.3. The molecule has 1 atom stereocenters. The van der Waals surface area contributed by atoms with Crippen LogP contribution in [-0.4, -0.2) is 0 Å². The van der Waals surface area contributed by atoms with Gasteiger partial charge in [-0.15, -0.1) is 0 Å². The van der Waals surface area contributed by atoms with E-state index in [9.17, 15) is 0 Å². The Labute approximate surface area is 322 Å². The molecule has 0 aliphatic heterocycles. The molecule has 9 aromatic carbocycles. The second kappa shape index (κ2) is 14.1. The van der Waals surface area contributed by atoms with Crippen LogP contribution in [0.4, 0.5) is 17.1 Å². The van der Waals surface area contributed by atoms with Crippen molar-refractivity contribution >= 4 is 55.0 Å². The molecule has 0 radical (unpaired) electrons. The summed E-state index contributed by atoms with van der Waals surface area (Å²) >= 11 is 0. The fraction of sp³-hybridized carbons (Fsp3) is 0.0370. The van der Waals surface area contributed by atoms with Crippen molar-refractivity contribution in [2.45, 2.75) is 12.3 Å². The number of anilines is 3. The van der Waals surface area contributed by atoms with Crippen LogP contribution in [0, 0.1) is 0 Å². The van der Waals surface area contributed by atoms with E-state index < -0.39 is 0 Å². The maximum atomic E-state index is 2.45. The summed E-state index contributed by atoms with van der Waals surface area (Å²) < 4.78 is 0. The number of allylic oxidation sites excluding steroid dienone is 4. The molecule has 0 amide bonds. The van der Waals surface area contributed by atoms with Gasteiger partial charge in [0.05, 0.1) is 5.69 Å². The SMILES string of the molecule is C1=CC(c2cccc(N(c3ccc(-c4ccc(-c5ccccc5)cc4)cc3)c3cccc4c3ccc3ccc5ccccc5c34)c2)CC=C1c1ccccc1. The Morgan fingerprint density at radius 3 is 1.73 bits per heavy atom. The molecule has 1 unspecified atom stereocenters. The van der Waals surface area contributed by atoms with Crippen molar-refractivity contribution in [3.8, 4) is 22.3 Å². The topological polar surface area (TPSA) is 3.24 Å². The zero-order valence-electron chi connectivity index (χ0n) is 30.5. The summed E-state index contributed by atoms with van der Waals surface area (Å²) in [5.41, 5.74) is 12.2. The van der Waals surface area contributed by atoms with Crippen LogP contribution in [0.5, 0.6) is 0 Å². The molecule has 260 valence electrons. The van der Waals surface area contributed by atoms with Gasteiger partial charge >= 0.3 is 0 Å². The average molecular weight is 702 g/mol. The molecule has 0 saturated carbocycles. The van der Waals surface area contributed by atoms with Gasteiger partial charge in [0.2, 0.25) is 0 Å². The Morgan fingerprint density at radius 1 is 0.400 bits per heavy atom.